The number of hydrogen-bond acceptors (Lipinski definition) is 2. The molecule has 2 aromatic rings. The molecule has 0 radical (unpaired) electrons. The summed E-state index contributed by atoms with van der Waals surface area (Å²) < 4.78 is 38.2. The van der Waals surface area contributed by atoms with Gasteiger partial charge in [0.05, 0.1) is 5.69 Å². The number of H-pyrrole nitrogens is 1. The first-order valence-electron chi connectivity index (χ1n) is 5.15. The molecule has 0 spiro atoms. The van der Waals surface area contributed by atoms with Gasteiger partial charge in [0.15, 0.2) is 5.65 Å². The molecule has 1 saturated carbocycles. The van der Waals surface area contributed by atoms with E-state index in [0.717, 1.165) is 23.4 Å². The van der Waals surface area contributed by atoms with Gasteiger partial charge in [-0.15, -0.1) is 0 Å². The molecule has 0 amide bonds. The number of rotatable bonds is 1. The van der Waals surface area contributed by atoms with Crippen molar-refractivity contribution >= 4 is 5.65 Å². The van der Waals surface area contributed by atoms with Crippen molar-refractivity contribution in [3.63, 3.8) is 0 Å². The Labute approximate surface area is 93.1 Å². The largest absolute Gasteiger partial charge is 0.432 e. The second-order valence-electron chi connectivity index (χ2n) is 4.15. The molecule has 2 heterocycles. The number of halogens is 3. The van der Waals surface area contributed by atoms with Gasteiger partial charge >= 0.3 is 6.18 Å². The van der Waals surface area contributed by atoms with Crippen LogP contribution in [0, 0.1) is 0 Å². The van der Waals surface area contributed by atoms with Gasteiger partial charge in [0.1, 0.15) is 5.69 Å². The molecule has 2 aromatic heterocycles. The van der Waals surface area contributed by atoms with E-state index >= 15 is 0 Å². The van der Waals surface area contributed by atoms with Crippen molar-refractivity contribution in [2.75, 3.05) is 0 Å². The molecule has 7 heteroatoms. The average molecular weight is 243 g/mol. The van der Waals surface area contributed by atoms with Gasteiger partial charge in [0, 0.05) is 18.1 Å². The second kappa shape index (κ2) is 3.12. The molecule has 1 aliphatic carbocycles. The third kappa shape index (κ3) is 1.71. The molecule has 0 saturated heterocycles. The van der Waals surface area contributed by atoms with Crippen molar-refractivity contribution in [2.24, 2.45) is 0 Å². The predicted molar refractivity (Wildman–Crippen MR) is 52.8 cm³/mol. The summed E-state index contributed by atoms with van der Waals surface area (Å²) in [5.41, 5.74) is -0.864. The highest BCUT2D eigenvalue weighted by Gasteiger charge is 2.34. The Morgan fingerprint density at radius 1 is 1.35 bits per heavy atom. The Morgan fingerprint density at radius 2 is 2.06 bits per heavy atom. The molecule has 0 unspecified atom stereocenters. The third-order valence-electron chi connectivity index (χ3n) is 2.77. The lowest BCUT2D eigenvalue weighted by Crippen LogP contribution is -2.16. The molecule has 90 valence electrons. The topological polar surface area (TPSA) is 50.2 Å². The minimum Gasteiger partial charge on any atom is -0.285 e. The van der Waals surface area contributed by atoms with E-state index in [1.54, 1.807) is 0 Å². The fourth-order valence-electron chi connectivity index (χ4n) is 1.74. The molecule has 1 fully saturated rings. The zero-order valence-corrected chi connectivity index (χ0v) is 8.58. The van der Waals surface area contributed by atoms with E-state index in [1.807, 2.05) is 5.10 Å². The normalized spacial score (nSPS) is 16.6. The van der Waals surface area contributed by atoms with Gasteiger partial charge in [-0.25, -0.2) is 9.50 Å². The predicted octanol–water partition coefficient (Wildman–Crippen LogP) is 1.92. The number of hydrogen-bond donors (Lipinski definition) is 1. The Kier molecular flexibility index (Phi) is 1.90. The van der Waals surface area contributed by atoms with E-state index in [-0.39, 0.29) is 11.6 Å². The van der Waals surface area contributed by atoms with Crippen LogP contribution in [0.2, 0.25) is 0 Å². The summed E-state index contributed by atoms with van der Waals surface area (Å²) in [5.74, 6) is 0.233. The fourth-order valence-corrected chi connectivity index (χ4v) is 1.74. The van der Waals surface area contributed by atoms with Crippen LogP contribution in [0.5, 0.6) is 0 Å². The zero-order valence-electron chi connectivity index (χ0n) is 8.58. The SMILES string of the molecule is O=c1cc(C2CC2)nc2cc(C(F)(F)F)[nH]n12. The van der Waals surface area contributed by atoms with E-state index < -0.39 is 17.4 Å². The Balaban J connectivity index is 2.21. The van der Waals surface area contributed by atoms with E-state index in [4.69, 9.17) is 0 Å². The summed E-state index contributed by atoms with van der Waals surface area (Å²) >= 11 is 0. The highest BCUT2D eigenvalue weighted by atomic mass is 19.4. The standard InChI is InChI=1S/C10H8F3N3O/c11-10(12,13)7-4-8-14-6(5-1-2-5)3-9(17)16(8)15-7/h3-5,15H,1-2H2. The van der Waals surface area contributed by atoms with Crippen molar-refractivity contribution in [3.05, 3.63) is 33.9 Å². The molecule has 0 aromatic carbocycles. The third-order valence-corrected chi connectivity index (χ3v) is 2.77. The number of aromatic amines is 1. The molecule has 3 rings (SSSR count). The molecule has 1 N–H and O–H groups in total. The lowest BCUT2D eigenvalue weighted by Gasteiger charge is -2.00. The van der Waals surface area contributed by atoms with E-state index in [1.165, 1.54) is 6.07 Å². The van der Waals surface area contributed by atoms with Gasteiger partial charge in [0.25, 0.3) is 5.56 Å². The van der Waals surface area contributed by atoms with Gasteiger partial charge in [0.2, 0.25) is 0 Å². The van der Waals surface area contributed by atoms with Crippen molar-refractivity contribution < 1.29 is 13.2 Å². The summed E-state index contributed by atoms with van der Waals surface area (Å²) in [6, 6.07) is 2.15. The number of alkyl halides is 3. The summed E-state index contributed by atoms with van der Waals surface area (Å²) in [6.07, 6.45) is -2.61. The maximum Gasteiger partial charge on any atom is 0.432 e. The molecule has 17 heavy (non-hydrogen) atoms. The first-order chi connectivity index (χ1) is 7.95. The average Bonchev–Trinajstić information content (AvgIpc) is 2.96. The Hall–Kier alpha value is -1.79. The molecular weight excluding hydrogens is 235 g/mol. The highest BCUT2D eigenvalue weighted by Crippen LogP contribution is 2.38. The number of nitrogens with zero attached hydrogens (tertiary/aromatic N) is 2. The molecular formula is C10H8F3N3O. The highest BCUT2D eigenvalue weighted by molar-refractivity contribution is 5.41. The van der Waals surface area contributed by atoms with Crippen LogP contribution in [0.25, 0.3) is 5.65 Å². The van der Waals surface area contributed by atoms with E-state index in [9.17, 15) is 18.0 Å². The van der Waals surface area contributed by atoms with Gasteiger partial charge in [-0.1, -0.05) is 0 Å². The van der Waals surface area contributed by atoms with Crippen molar-refractivity contribution in [3.8, 4) is 0 Å². The van der Waals surface area contributed by atoms with Crippen LogP contribution in [0.1, 0.15) is 30.1 Å². The maximum absolute atomic E-state index is 12.5. The summed E-state index contributed by atoms with van der Waals surface area (Å²) in [7, 11) is 0. The summed E-state index contributed by atoms with van der Waals surface area (Å²) in [5, 5.41) is 2.01. The molecule has 0 bridgehead atoms. The van der Waals surface area contributed by atoms with Crippen molar-refractivity contribution in [1.29, 1.82) is 0 Å². The first kappa shape index (κ1) is 10.4. The molecule has 0 atom stereocenters. The van der Waals surface area contributed by atoms with Gasteiger partial charge < -0.3 is 0 Å². The van der Waals surface area contributed by atoms with Crippen molar-refractivity contribution in [2.45, 2.75) is 24.9 Å². The van der Waals surface area contributed by atoms with Crippen LogP contribution in [-0.2, 0) is 6.18 Å². The van der Waals surface area contributed by atoms with Crippen LogP contribution in [0.15, 0.2) is 16.9 Å². The smallest absolute Gasteiger partial charge is 0.285 e. The lowest BCUT2D eigenvalue weighted by atomic mass is 10.3. The van der Waals surface area contributed by atoms with Crippen molar-refractivity contribution in [1.82, 2.24) is 14.6 Å². The molecule has 1 aliphatic rings. The van der Waals surface area contributed by atoms with Crippen LogP contribution in [-0.4, -0.2) is 14.6 Å². The minimum absolute atomic E-state index is 0.0201. The van der Waals surface area contributed by atoms with Gasteiger partial charge in [-0.2, -0.15) is 13.2 Å². The molecule has 4 nitrogen and oxygen atoms in total. The van der Waals surface area contributed by atoms with Crippen LogP contribution < -0.4 is 5.56 Å². The Morgan fingerprint density at radius 3 is 2.65 bits per heavy atom. The zero-order chi connectivity index (χ0) is 12.2. The number of fused-ring (bicyclic) bond motifs is 1. The number of aromatic nitrogens is 3. The fraction of sp³-hybridized carbons (Fsp3) is 0.400. The first-order valence-corrected chi connectivity index (χ1v) is 5.15. The van der Waals surface area contributed by atoms with Gasteiger partial charge in [-0.3, -0.25) is 9.89 Å². The van der Waals surface area contributed by atoms with Crippen LogP contribution in [0.4, 0.5) is 13.2 Å². The minimum atomic E-state index is -4.50. The maximum atomic E-state index is 12.5. The summed E-state index contributed by atoms with van der Waals surface area (Å²) in [4.78, 5) is 15.7. The quantitative estimate of drug-likeness (QED) is 0.831. The van der Waals surface area contributed by atoms with E-state index in [2.05, 4.69) is 4.98 Å². The molecule has 0 aliphatic heterocycles. The second-order valence-corrected chi connectivity index (χ2v) is 4.15. The monoisotopic (exact) mass is 243 g/mol. The van der Waals surface area contributed by atoms with Crippen LogP contribution >= 0.6 is 0 Å². The lowest BCUT2D eigenvalue weighted by molar-refractivity contribution is -0.141. The van der Waals surface area contributed by atoms with Gasteiger partial charge in [-0.05, 0) is 12.8 Å². The number of nitrogens with one attached hydrogen (secondary N) is 1. The Bertz CT molecular complexity index is 636. The van der Waals surface area contributed by atoms with Crippen LogP contribution in [0.3, 0.4) is 0 Å². The van der Waals surface area contributed by atoms with E-state index in [0.29, 0.717) is 5.69 Å². The summed E-state index contributed by atoms with van der Waals surface area (Å²) in [6.45, 7) is 0.